The van der Waals surface area contributed by atoms with Gasteiger partial charge in [0.05, 0.1) is 5.92 Å². The lowest BCUT2D eigenvalue weighted by Gasteiger charge is -2.35. The predicted molar refractivity (Wildman–Crippen MR) is 80.9 cm³/mol. The first-order valence-corrected chi connectivity index (χ1v) is 7.65. The zero-order valence-corrected chi connectivity index (χ0v) is 13.3. The van der Waals surface area contributed by atoms with Gasteiger partial charge in [-0.25, -0.2) is 15.0 Å². The van der Waals surface area contributed by atoms with Crippen molar-refractivity contribution in [2.45, 2.75) is 46.8 Å². The standard InChI is InChI=1S/C16H22N4O/c1-8-6-12(18-10(3)17-8)20-16(21)7-11-14(15(11,4)5)13(16)9(2)19-20/h6,11,13-14,21H,7H2,1-5H3. The molecular weight excluding hydrogens is 264 g/mol. The van der Waals surface area contributed by atoms with Crippen LogP contribution in [0.1, 0.15) is 38.7 Å². The van der Waals surface area contributed by atoms with Crippen molar-refractivity contribution in [2.75, 3.05) is 5.01 Å². The third kappa shape index (κ3) is 1.53. The molecule has 21 heavy (non-hydrogen) atoms. The van der Waals surface area contributed by atoms with Gasteiger partial charge in [-0.05, 0) is 38.0 Å². The minimum atomic E-state index is -0.901. The molecule has 112 valence electrons. The average molecular weight is 286 g/mol. The van der Waals surface area contributed by atoms with E-state index in [0.717, 1.165) is 17.8 Å². The van der Waals surface area contributed by atoms with Crippen LogP contribution in [0.5, 0.6) is 0 Å². The largest absolute Gasteiger partial charge is 0.368 e. The number of nitrogens with zero attached hydrogens (tertiary/aromatic N) is 4. The number of aromatic nitrogens is 2. The average Bonchev–Trinajstić information content (AvgIpc) is 2.69. The van der Waals surface area contributed by atoms with E-state index in [1.54, 1.807) is 5.01 Å². The summed E-state index contributed by atoms with van der Waals surface area (Å²) in [7, 11) is 0. The lowest BCUT2D eigenvalue weighted by molar-refractivity contribution is 0.00614. The maximum absolute atomic E-state index is 11.3. The summed E-state index contributed by atoms with van der Waals surface area (Å²) in [4.78, 5) is 8.79. The highest BCUT2D eigenvalue weighted by Crippen LogP contribution is 2.73. The second-order valence-corrected chi connectivity index (χ2v) is 7.48. The Labute approximate surface area is 125 Å². The van der Waals surface area contributed by atoms with Crippen LogP contribution in [0, 0.1) is 37.0 Å². The Bertz CT molecular complexity index is 648. The van der Waals surface area contributed by atoms with Gasteiger partial charge in [-0.3, -0.25) is 0 Å². The summed E-state index contributed by atoms with van der Waals surface area (Å²) in [6, 6.07) is 1.90. The van der Waals surface area contributed by atoms with Crippen molar-refractivity contribution in [3.05, 3.63) is 17.6 Å². The summed E-state index contributed by atoms with van der Waals surface area (Å²) < 4.78 is 0. The molecule has 0 aromatic carbocycles. The Morgan fingerprint density at radius 2 is 1.95 bits per heavy atom. The molecule has 0 amide bonds. The first kappa shape index (κ1) is 13.2. The molecule has 5 heteroatoms. The number of hydrogen-bond donors (Lipinski definition) is 1. The normalized spacial score (nSPS) is 39.0. The van der Waals surface area contributed by atoms with Crippen LogP contribution in [-0.2, 0) is 0 Å². The van der Waals surface area contributed by atoms with Crippen LogP contribution in [-0.4, -0.2) is 26.5 Å². The second-order valence-electron chi connectivity index (χ2n) is 7.48. The molecule has 4 unspecified atom stereocenters. The number of rotatable bonds is 1. The third-order valence-electron chi connectivity index (χ3n) is 5.76. The molecule has 3 aliphatic rings. The molecule has 5 nitrogen and oxygen atoms in total. The van der Waals surface area contributed by atoms with Crippen LogP contribution in [0.15, 0.2) is 11.2 Å². The fourth-order valence-corrected chi connectivity index (χ4v) is 4.75. The van der Waals surface area contributed by atoms with E-state index in [4.69, 9.17) is 0 Å². The lowest BCUT2D eigenvalue weighted by Crippen LogP contribution is -2.49. The summed E-state index contributed by atoms with van der Waals surface area (Å²) in [6.45, 7) is 10.5. The van der Waals surface area contributed by atoms with Gasteiger partial charge in [0, 0.05) is 23.9 Å². The van der Waals surface area contributed by atoms with Crippen LogP contribution in [0.25, 0.3) is 0 Å². The van der Waals surface area contributed by atoms with Crippen molar-refractivity contribution >= 4 is 11.5 Å². The molecule has 0 saturated heterocycles. The van der Waals surface area contributed by atoms with Crippen LogP contribution in [0.2, 0.25) is 0 Å². The maximum atomic E-state index is 11.3. The summed E-state index contributed by atoms with van der Waals surface area (Å²) in [5.41, 5.74) is 1.37. The molecule has 0 spiro atoms. The van der Waals surface area contributed by atoms with Crippen LogP contribution in [0.4, 0.5) is 5.82 Å². The fraction of sp³-hybridized carbons (Fsp3) is 0.688. The molecule has 1 aromatic rings. The second kappa shape index (κ2) is 3.64. The van der Waals surface area contributed by atoms with E-state index in [1.807, 2.05) is 26.8 Å². The summed E-state index contributed by atoms with van der Waals surface area (Å²) >= 11 is 0. The van der Waals surface area contributed by atoms with E-state index in [0.29, 0.717) is 28.9 Å². The smallest absolute Gasteiger partial charge is 0.168 e. The van der Waals surface area contributed by atoms with E-state index in [2.05, 4.69) is 28.9 Å². The van der Waals surface area contributed by atoms with Gasteiger partial charge in [-0.2, -0.15) is 5.10 Å². The van der Waals surface area contributed by atoms with E-state index in [1.165, 1.54) is 0 Å². The summed E-state index contributed by atoms with van der Waals surface area (Å²) in [6.07, 6.45) is 0.776. The van der Waals surface area contributed by atoms with Gasteiger partial charge >= 0.3 is 0 Å². The van der Waals surface area contributed by atoms with Crippen LogP contribution in [0.3, 0.4) is 0 Å². The van der Waals surface area contributed by atoms with Crippen molar-refractivity contribution in [1.82, 2.24) is 9.97 Å². The molecule has 2 aliphatic carbocycles. The SMILES string of the molecule is CC1=NN(c2cc(C)nc(C)n2)C2(O)CC3C(C12)C3(C)C. The predicted octanol–water partition coefficient (Wildman–Crippen LogP) is 2.27. The first-order valence-electron chi connectivity index (χ1n) is 7.65. The van der Waals surface area contributed by atoms with Gasteiger partial charge in [0.25, 0.3) is 0 Å². The molecule has 2 fully saturated rings. The molecule has 4 atom stereocenters. The maximum Gasteiger partial charge on any atom is 0.168 e. The van der Waals surface area contributed by atoms with E-state index in [9.17, 15) is 5.11 Å². The Hall–Kier alpha value is -1.49. The highest BCUT2D eigenvalue weighted by Gasteiger charge is 2.75. The molecule has 0 radical (unpaired) electrons. The minimum absolute atomic E-state index is 0.132. The fourth-order valence-electron chi connectivity index (χ4n) is 4.75. The number of hydrazone groups is 1. The molecule has 0 bridgehead atoms. The van der Waals surface area contributed by atoms with Crippen LogP contribution < -0.4 is 5.01 Å². The van der Waals surface area contributed by atoms with Crippen LogP contribution >= 0.6 is 0 Å². The summed E-state index contributed by atoms with van der Waals surface area (Å²) in [5, 5.41) is 17.7. The quantitative estimate of drug-likeness (QED) is 0.860. The highest BCUT2D eigenvalue weighted by molar-refractivity contribution is 5.91. The Balaban J connectivity index is 1.76. The van der Waals surface area contributed by atoms with Crippen molar-refractivity contribution in [3.63, 3.8) is 0 Å². The van der Waals surface area contributed by atoms with E-state index < -0.39 is 5.72 Å². The number of anilines is 1. The van der Waals surface area contributed by atoms with Gasteiger partial charge < -0.3 is 5.11 Å². The van der Waals surface area contributed by atoms with Gasteiger partial charge in [0.1, 0.15) is 5.82 Å². The van der Waals surface area contributed by atoms with Gasteiger partial charge in [0.2, 0.25) is 0 Å². The molecule has 1 N–H and O–H groups in total. The van der Waals surface area contributed by atoms with Crippen molar-refractivity contribution < 1.29 is 5.11 Å². The molecule has 2 saturated carbocycles. The minimum Gasteiger partial charge on any atom is -0.368 e. The van der Waals surface area contributed by atoms with E-state index in [-0.39, 0.29) is 5.92 Å². The zero-order valence-electron chi connectivity index (χ0n) is 13.3. The van der Waals surface area contributed by atoms with E-state index >= 15 is 0 Å². The monoisotopic (exact) mass is 286 g/mol. The number of hydrogen-bond acceptors (Lipinski definition) is 5. The Morgan fingerprint density at radius 1 is 1.24 bits per heavy atom. The van der Waals surface area contributed by atoms with Gasteiger partial charge in [0.15, 0.2) is 11.5 Å². The topological polar surface area (TPSA) is 61.6 Å². The molecule has 4 rings (SSSR count). The highest BCUT2D eigenvalue weighted by atomic mass is 16.3. The lowest BCUT2D eigenvalue weighted by atomic mass is 9.84. The molecule has 1 aliphatic heterocycles. The van der Waals surface area contributed by atoms with Crippen molar-refractivity contribution in [2.24, 2.45) is 28.3 Å². The van der Waals surface area contributed by atoms with Gasteiger partial charge in [-0.1, -0.05) is 13.8 Å². The Morgan fingerprint density at radius 3 is 2.62 bits per heavy atom. The van der Waals surface area contributed by atoms with Crippen molar-refractivity contribution in [1.29, 1.82) is 0 Å². The number of aryl methyl sites for hydroxylation is 2. The first-order chi connectivity index (χ1) is 9.75. The van der Waals surface area contributed by atoms with Crippen molar-refractivity contribution in [3.8, 4) is 0 Å². The molecule has 1 aromatic heterocycles. The summed E-state index contributed by atoms with van der Waals surface area (Å²) in [5.74, 6) is 2.69. The molecule has 2 heterocycles. The number of aliphatic hydroxyl groups is 1. The zero-order chi connectivity index (χ0) is 15.2. The van der Waals surface area contributed by atoms with Gasteiger partial charge in [-0.15, -0.1) is 0 Å². The third-order valence-corrected chi connectivity index (χ3v) is 5.76. The Kier molecular flexibility index (Phi) is 2.28. The number of fused-ring (bicyclic) bond motifs is 3. The molecular formula is C16H22N4O.